The standard InChI is InChI=1S/C10H13N5O2S.ClH/c1-5(11)8-13-6(2)14-15(8)10-12-4-7(18-10)9(16)17-3;/h4-5H,11H2,1-3H3;1H. The van der Waals surface area contributed by atoms with E-state index in [0.717, 1.165) is 0 Å². The van der Waals surface area contributed by atoms with Crippen LogP contribution in [0.2, 0.25) is 0 Å². The summed E-state index contributed by atoms with van der Waals surface area (Å²) in [6, 6.07) is -0.267. The maximum atomic E-state index is 11.4. The highest BCUT2D eigenvalue weighted by Crippen LogP contribution is 2.20. The van der Waals surface area contributed by atoms with Gasteiger partial charge in [0.1, 0.15) is 10.7 Å². The van der Waals surface area contributed by atoms with Gasteiger partial charge >= 0.3 is 5.97 Å². The monoisotopic (exact) mass is 303 g/mol. The molecule has 0 saturated heterocycles. The summed E-state index contributed by atoms with van der Waals surface area (Å²) >= 11 is 1.18. The number of thiazole rings is 1. The van der Waals surface area contributed by atoms with Crippen LogP contribution in [0.4, 0.5) is 0 Å². The lowest BCUT2D eigenvalue weighted by atomic mass is 10.3. The molecule has 2 aromatic rings. The van der Waals surface area contributed by atoms with Crippen LogP contribution in [0.5, 0.6) is 0 Å². The van der Waals surface area contributed by atoms with Gasteiger partial charge in [-0.3, -0.25) is 0 Å². The second kappa shape index (κ2) is 6.09. The Morgan fingerprint density at radius 1 is 1.58 bits per heavy atom. The topological polar surface area (TPSA) is 95.9 Å². The van der Waals surface area contributed by atoms with E-state index in [1.165, 1.54) is 24.6 Å². The predicted molar refractivity (Wildman–Crippen MR) is 73.0 cm³/mol. The van der Waals surface area contributed by atoms with Crippen molar-refractivity contribution >= 4 is 29.7 Å². The van der Waals surface area contributed by atoms with Crippen LogP contribution in [-0.2, 0) is 4.74 Å². The zero-order valence-corrected chi connectivity index (χ0v) is 12.3. The average molecular weight is 304 g/mol. The Balaban J connectivity index is 0.00000180. The van der Waals surface area contributed by atoms with Gasteiger partial charge in [0.15, 0.2) is 5.82 Å². The smallest absolute Gasteiger partial charge is 0.349 e. The van der Waals surface area contributed by atoms with Crippen molar-refractivity contribution in [3.05, 3.63) is 22.7 Å². The summed E-state index contributed by atoms with van der Waals surface area (Å²) in [4.78, 5) is 20.1. The third-order valence-corrected chi connectivity index (χ3v) is 3.16. The molecule has 2 N–H and O–H groups in total. The third kappa shape index (κ3) is 3.09. The second-order valence-electron chi connectivity index (χ2n) is 3.72. The van der Waals surface area contributed by atoms with Crippen LogP contribution in [0.15, 0.2) is 6.20 Å². The fourth-order valence-electron chi connectivity index (χ4n) is 1.42. The van der Waals surface area contributed by atoms with E-state index in [2.05, 4.69) is 19.8 Å². The number of nitrogens with zero attached hydrogens (tertiary/aromatic N) is 4. The highest BCUT2D eigenvalue weighted by Gasteiger charge is 2.17. The van der Waals surface area contributed by atoms with E-state index >= 15 is 0 Å². The molecule has 0 spiro atoms. The molecule has 0 radical (unpaired) electrons. The summed E-state index contributed by atoms with van der Waals surface area (Å²) in [5, 5.41) is 4.77. The van der Waals surface area contributed by atoms with Gasteiger partial charge in [0.25, 0.3) is 0 Å². The van der Waals surface area contributed by atoms with Gasteiger partial charge in [0.2, 0.25) is 5.13 Å². The molecule has 0 saturated carbocycles. The van der Waals surface area contributed by atoms with Gasteiger partial charge in [-0.2, -0.15) is 4.68 Å². The first kappa shape index (κ1) is 15.5. The molecule has 1 atom stereocenters. The highest BCUT2D eigenvalue weighted by molar-refractivity contribution is 7.15. The number of rotatable bonds is 3. The van der Waals surface area contributed by atoms with Crippen molar-refractivity contribution in [2.45, 2.75) is 19.9 Å². The third-order valence-electron chi connectivity index (χ3n) is 2.21. The minimum atomic E-state index is -0.419. The molecule has 0 aliphatic carbocycles. The Bertz CT molecular complexity index is 580. The van der Waals surface area contributed by atoms with Gasteiger partial charge in [-0.05, 0) is 13.8 Å². The summed E-state index contributed by atoms with van der Waals surface area (Å²) in [6.45, 7) is 3.59. The van der Waals surface area contributed by atoms with E-state index in [4.69, 9.17) is 5.73 Å². The SMILES string of the molecule is COC(=O)c1cnc(-n2nc(C)nc2C(C)N)s1.Cl. The largest absolute Gasteiger partial charge is 0.465 e. The molecule has 0 fully saturated rings. The number of aromatic nitrogens is 4. The number of carbonyl (C=O) groups is 1. The molecular weight excluding hydrogens is 290 g/mol. The molecule has 9 heteroatoms. The normalized spacial score (nSPS) is 11.8. The van der Waals surface area contributed by atoms with E-state index in [-0.39, 0.29) is 18.4 Å². The summed E-state index contributed by atoms with van der Waals surface area (Å²) in [5.41, 5.74) is 5.82. The number of halogens is 1. The quantitative estimate of drug-likeness (QED) is 0.858. The fourth-order valence-corrected chi connectivity index (χ4v) is 2.22. The Kier molecular flexibility index (Phi) is 4.98. The van der Waals surface area contributed by atoms with Gasteiger partial charge in [-0.15, -0.1) is 17.5 Å². The molecule has 2 heterocycles. The second-order valence-corrected chi connectivity index (χ2v) is 4.73. The maximum absolute atomic E-state index is 11.4. The lowest BCUT2D eigenvalue weighted by molar-refractivity contribution is 0.0606. The molecule has 0 aliphatic heterocycles. The highest BCUT2D eigenvalue weighted by atomic mass is 35.5. The number of esters is 1. The van der Waals surface area contributed by atoms with Crippen molar-refractivity contribution in [2.75, 3.05) is 7.11 Å². The lowest BCUT2D eigenvalue weighted by Crippen LogP contribution is -2.13. The number of hydrogen-bond acceptors (Lipinski definition) is 7. The number of ether oxygens (including phenoxy) is 1. The Hall–Kier alpha value is -1.51. The molecule has 2 aromatic heterocycles. The van der Waals surface area contributed by atoms with Gasteiger partial charge in [-0.25, -0.2) is 14.8 Å². The first-order valence-electron chi connectivity index (χ1n) is 5.26. The van der Waals surface area contributed by atoms with Gasteiger partial charge < -0.3 is 10.5 Å². The van der Waals surface area contributed by atoms with Crippen LogP contribution in [0.25, 0.3) is 5.13 Å². The molecule has 0 bridgehead atoms. The van der Waals surface area contributed by atoms with E-state index in [0.29, 0.717) is 21.7 Å². The minimum Gasteiger partial charge on any atom is -0.465 e. The number of nitrogens with two attached hydrogens (primary N) is 1. The van der Waals surface area contributed by atoms with Crippen molar-refractivity contribution in [3.63, 3.8) is 0 Å². The number of methoxy groups -OCH3 is 1. The molecule has 0 amide bonds. The van der Waals surface area contributed by atoms with Crippen LogP contribution in [0.1, 0.15) is 34.3 Å². The van der Waals surface area contributed by atoms with Crippen LogP contribution in [-0.4, -0.2) is 32.8 Å². The zero-order chi connectivity index (χ0) is 13.3. The molecule has 1 unspecified atom stereocenters. The minimum absolute atomic E-state index is 0. The van der Waals surface area contributed by atoms with Crippen molar-refractivity contribution in [1.82, 2.24) is 19.7 Å². The Labute approximate surface area is 120 Å². The summed E-state index contributed by atoms with van der Waals surface area (Å²) in [7, 11) is 1.33. The first-order valence-corrected chi connectivity index (χ1v) is 6.08. The zero-order valence-electron chi connectivity index (χ0n) is 10.7. The van der Waals surface area contributed by atoms with Gasteiger partial charge in [-0.1, -0.05) is 11.3 Å². The number of hydrogen-bond donors (Lipinski definition) is 1. The summed E-state index contributed by atoms with van der Waals surface area (Å²) in [5.74, 6) is 0.799. The van der Waals surface area contributed by atoms with E-state index in [9.17, 15) is 4.79 Å². The van der Waals surface area contributed by atoms with E-state index in [1.807, 2.05) is 6.92 Å². The molecule has 2 rings (SSSR count). The van der Waals surface area contributed by atoms with Crippen molar-refractivity contribution < 1.29 is 9.53 Å². The van der Waals surface area contributed by atoms with Crippen LogP contribution in [0, 0.1) is 6.92 Å². The summed E-state index contributed by atoms with van der Waals surface area (Å²) < 4.78 is 6.18. The Morgan fingerprint density at radius 2 is 2.26 bits per heavy atom. The van der Waals surface area contributed by atoms with E-state index < -0.39 is 5.97 Å². The average Bonchev–Trinajstić information content (AvgIpc) is 2.93. The lowest BCUT2D eigenvalue weighted by Gasteiger charge is -2.04. The van der Waals surface area contributed by atoms with Gasteiger partial charge in [0.05, 0.1) is 19.3 Å². The maximum Gasteiger partial charge on any atom is 0.349 e. The molecule has 7 nitrogen and oxygen atoms in total. The first-order chi connectivity index (χ1) is 8.52. The molecule has 0 aromatic carbocycles. The summed E-state index contributed by atoms with van der Waals surface area (Å²) in [6.07, 6.45) is 1.45. The molecule has 0 aliphatic rings. The molecule has 104 valence electrons. The van der Waals surface area contributed by atoms with Crippen molar-refractivity contribution in [2.24, 2.45) is 5.73 Å². The van der Waals surface area contributed by atoms with Gasteiger partial charge in [0, 0.05) is 0 Å². The molecular formula is C10H14ClN5O2S. The van der Waals surface area contributed by atoms with Crippen LogP contribution in [0.3, 0.4) is 0 Å². The predicted octanol–water partition coefficient (Wildman–Crippen LogP) is 1.26. The number of carbonyl (C=O) groups excluding carboxylic acids is 1. The Morgan fingerprint density at radius 3 is 2.84 bits per heavy atom. The van der Waals surface area contributed by atoms with Crippen LogP contribution < -0.4 is 5.73 Å². The number of aryl methyl sites for hydroxylation is 1. The van der Waals surface area contributed by atoms with Crippen molar-refractivity contribution in [3.8, 4) is 5.13 Å². The molecule has 19 heavy (non-hydrogen) atoms. The van der Waals surface area contributed by atoms with Crippen molar-refractivity contribution in [1.29, 1.82) is 0 Å². The fraction of sp³-hybridized carbons (Fsp3) is 0.400. The van der Waals surface area contributed by atoms with Crippen LogP contribution >= 0.6 is 23.7 Å². The van der Waals surface area contributed by atoms with E-state index in [1.54, 1.807) is 11.6 Å².